The van der Waals surface area contributed by atoms with Crippen molar-refractivity contribution < 1.29 is 17.9 Å². The maximum Gasteiger partial charge on any atom is 0.417 e. The van der Waals surface area contributed by atoms with E-state index in [0.29, 0.717) is 17.1 Å². The number of hydrogen-bond donors (Lipinski definition) is 0. The molecule has 3 aromatic rings. The monoisotopic (exact) mass is 321 g/mol. The highest BCUT2D eigenvalue weighted by atomic mass is 19.4. The van der Waals surface area contributed by atoms with Crippen LogP contribution in [0, 0.1) is 13.8 Å². The summed E-state index contributed by atoms with van der Waals surface area (Å²) >= 11 is 0. The van der Waals surface area contributed by atoms with Crippen LogP contribution >= 0.6 is 0 Å². The first-order valence-corrected chi connectivity index (χ1v) is 6.90. The van der Waals surface area contributed by atoms with E-state index >= 15 is 0 Å². The molecule has 0 N–H and O–H groups in total. The number of fused-ring (bicyclic) bond motifs is 1. The molecule has 23 heavy (non-hydrogen) atoms. The summed E-state index contributed by atoms with van der Waals surface area (Å²) in [5.41, 5.74) is 0.683. The van der Waals surface area contributed by atoms with E-state index in [4.69, 9.17) is 4.74 Å². The summed E-state index contributed by atoms with van der Waals surface area (Å²) in [4.78, 5) is 4.26. The van der Waals surface area contributed by atoms with Gasteiger partial charge in [0.1, 0.15) is 5.75 Å². The molecular formula is C16H14F3N3O. The second-order valence-electron chi connectivity index (χ2n) is 5.20. The van der Waals surface area contributed by atoms with Crippen LogP contribution in [0.4, 0.5) is 13.2 Å². The summed E-state index contributed by atoms with van der Waals surface area (Å²) < 4.78 is 46.4. The van der Waals surface area contributed by atoms with Gasteiger partial charge in [0.05, 0.1) is 29.4 Å². The van der Waals surface area contributed by atoms with Crippen molar-refractivity contribution in [3.63, 3.8) is 0 Å². The Bertz CT molecular complexity index is 867. The molecule has 7 heteroatoms. The minimum atomic E-state index is -4.45. The van der Waals surface area contributed by atoms with Crippen LogP contribution in [0.25, 0.3) is 16.7 Å². The van der Waals surface area contributed by atoms with Crippen LogP contribution < -0.4 is 4.74 Å². The lowest BCUT2D eigenvalue weighted by Crippen LogP contribution is -2.08. The van der Waals surface area contributed by atoms with Gasteiger partial charge in [-0.25, -0.2) is 9.67 Å². The minimum Gasteiger partial charge on any atom is -0.497 e. The Morgan fingerprint density at radius 1 is 1.09 bits per heavy atom. The summed E-state index contributed by atoms with van der Waals surface area (Å²) in [5.74, 6) is 0.655. The van der Waals surface area contributed by atoms with Crippen molar-refractivity contribution >= 4 is 11.0 Å². The largest absolute Gasteiger partial charge is 0.497 e. The van der Waals surface area contributed by atoms with Crippen molar-refractivity contribution in [2.75, 3.05) is 7.11 Å². The quantitative estimate of drug-likeness (QED) is 0.714. The van der Waals surface area contributed by atoms with Crippen LogP contribution in [-0.4, -0.2) is 21.9 Å². The average Bonchev–Trinajstić information content (AvgIpc) is 2.82. The highest BCUT2D eigenvalue weighted by molar-refractivity contribution is 5.84. The van der Waals surface area contributed by atoms with Gasteiger partial charge in [0.2, 0.25) is 0 Å². The smallest absolute Gasteiger partial charge is 0.417 e. The molecule has 0 aliphatic carbocycles. The number of ether oxygens (including phenoxy) is 1. The van der Waals surface area contributed by atoms with E-state index in [-0.39, 0.29) is 16.7 Å². The Morgan fingerprint density at radius 2 is 1.74 bits per heavy atom. The van der Waals surface area contributed by atoms with E-state index in [1.54, 1.807) is 38.3 Å². The van der Waals surface area contributed by atoms with Gasteiger partial charge in [-0.05, 0) is 44.2 Å². The molecule has 120 valence electrons. The van der Waals surface area contributed by atoms with Crippen LogP contribution in [0.1, 0.15) is 17.0 Å². The fourth-order valence-electron chi connectivity index (χ4n) is 2.54. The molecule has 2 heterocycles. The number of methoxy groups -OCH3 is 1. The van der Waals surface area contributed by atoms with Gasteiger partial charge < -0.3 is 4.74 Å². The highest BCUT2D eigenvalue weighted by Crippen LogP contribution is 2.36. The van der Waals surface area contributed by atoms with Crippen LogP contribution in [0.15, 0.2) is 30.3 Å². The van der Waals surface area contributed by atoms with Gasteiger partial charge in [0, 0.05) is 5.69 Å². The molecule has 0 unspecified atom stereocenters. The van der Waals surface area contributed by atoms with Crippen LogP contribution in [0.2, 0.25) is 0 Å². The zero-order valence-electron chi connectivity index (χ0n) is 12.8. The van der Waals surface area contributed by atoms with Crippen molar-refractivity contribution in [2.45, 2.75) is 20.0 Å². The van der Waals surface area contributed by atoms with E-state index in [1.165, 1.54) is 11.6 Å². The van der Waals surface area contributed by atoms with Crippen LogP contribution in [0.5, 0.6) is 5.75 Å². The number of nitrogens with zero attached hydrogens (tertiary/aromatic N) is 3. The maximum atomic E-state index is 13.3. The lowest BCUT2D eigenvalue weighted by molar-refractivity contribution is -0.136. The number of benzene rings is 1. The average molecular weight is 321 g/mol. The van der Waals surface area contributed by atoms with Crippen molar-refractivity contribution in [1.82, 2.24) is 14.8 Å². The molecular weight excluding hydrogens is 307 g/mol. The first-order valence-electron chi connectivity index (χ1n) is 6.90. The second-order valence-corrected chi connectivity index (χ2v) is 5.20. The Morgan fingerprint density at radius 3 is 2.30 bits per heavy atom. The van der Waals surface area contributed by atoms with E-state index < -0.39 is 11.7 Å². The minimum absolute atomic E-state index is 0.0268. The predicted octanol–water partition coefficient (Wildman–Crippen LogP) is 4.06. The molecule has 0 bridgehead atoms. The molecule has 0 spiro atoms. The fourth-order valence-corrected chi connectivity index (χ4v) is 2.54. The standard InChI is InChI=1S/C16H14F3N3O/c1-9-8-13(16(17,18)19)14-10(2)21-22(15(14)20-9)11-4-6-12(23-3)7-5-11/h4-8H,1-3H3. The van der Waals surface area contributed by atoms with Gasteiger partial charge in [0.15, 0.2) is 5.65 Å². The third-order valence-corrected chi connectivity index (χ3v) is 3.56. The van der Waals surface area contributed by atoms with Crippen molar-refractivity contribution in [2.24, 2.45) is 0 Å². The topological polar surface area (TPSA) is 39.9 Å². The number of aryl methyl sites for hydroxylation is 2. The van der Waals surface area contributed by atoms with Crippen LogP contribution in [0.3, 0.4) is 0 Å². The van der Waals surface area contributed by atoms with Gasteiger partial charge in [-0.15, -0.1) is 0 Å². The number of halogens is 3. The predicted molar refractivity (Wildman–Crippen MR) is 79.9 cm³/mol. The number of hydrogen-bond acceptors (Lipinski definition) is 3. The molecule has 1 aromatic carbocycles. The van der Waals surface area contributed by atoms with E-state index in [0.717, 1.165) is 6.07 Å². The Hall–Kier alpha value is -2.57. The molecule has 4 nitrogen and oxygen atoms in total. The maximum absolute atomic E-state index is 13.3. The van der Waals surface area contributed by atoms with Gasteiger partial charge in [0.25, 0.3) is 0 Å². The SMILES string of the molecule is COc1ccc(-n2nc(C)c3c(C(F)(F)F)cc(C)nc32)cc1. The zero-order valence-corrected chi connectivity index (χ0v) is 12.8. The lowest BCUT2D eigenvalue weighted by atomic mass is 10.1. The van der Waals surface area contributed by atoms with Gasteiger partial charge in [-0.3, -0.25) is 0 Å². The summed E-state index contributed by atoms with van der Waals surface area (Å²) in [6.45, 7) is 3.09. The normalized spacial score (nSPS) is 11.9. The number of pyridine rings is 1. The number of aromatic nitrogens is 3. The van der Waals surface area contributed by atoms with Gasteiger partial charge in [-0.2, -0.15) is 18.3 Å². The molecule has 0 saturated heterocycles. The summed E-state index contributed by atoms with van der Waals surface area (Å²) in [5, 5.41) is 4.27. The summed E-state index contributed by atoms with van der Waals surface area (Å²) in [6, 6.07) is 7.94. The fraction of sp³-hybridized carbons (Fsp3) is 0.250. The van der Waals surface area contributed by atoms with E-state index in [2.05, 4.69) is 10.1 Å². The molecule has 0 aliphatic heterocycles. The first-order chi connectivity index (χ1) is 10.8. The molecule has 0 saturated carbocycles. The zero-order chi connectivity index (χ0) is 16.8. The van der Waals surface area contributed by atoms with Crippen molar-refractivity contribution in [3.05, 3.63) is 47.3 Å². The van der Waals surface area contributed by atoms with Crippen LogP contribution in [-0.2, 0) is 6.18 Å². The van der Waals surface area contributed by atoms with Crippen molar-refractivity contribution in [1.29, 1.82) is 0 Å². The third kappa shape index (κ3) is 2.62. The Labute approximate surface area is 130 Å². The molecule has 0 atom stereocenters. The van der Waals surface area contributed by atoms with Crippen molar-refractivity contribution in [3.8, 4) is 11.4 Å². The van der Waals surface area contributed by atoms with Gasteiger partial charge >= 0.3 is 6.18 Å². The van der Waals surface area contributed by atoms with Gasteiger partial charge in [-0.1, -0.05) is 0 Å². The summed E-state index contributed by atoms with van der Waals surface area (Å²) in [6.07, 6.45) is -4.45. The first kappa shape index (κ1) is 15.3. The highest BCUT2D eigenvalue weighted by Gasteiger charge is 2.35. The third-order valence-electron chi connectivity index (χ3n) is 3.56. The lowest BCUT2D eigenvalue weighted by Gasteiger charge is -2.10. The number of rotatable bonds is 2. The molecule has 0 radical (unpaired) electrons. The molecule has 0 fully saturated rings. The molecule has 3 rings (SSSR count). The molecule has 0 amide bonds. The summed E-state index contributed by atoms with van der Waals surface area (Å²) in [7, 11) is 1.54. The van der Waals surface area contributed by atoms with E-state index in [1.807, 2.05) is 0 Å². The Balaban J connectivity index is 2.29. The van der Waals surface area contributed by atoms with E-state index in [9.17, 15) is 13.2 Å². The Kier molecular flexibility index (Phi) is 3.50. The number of alkyl halides is 3. The molecule has 0 aliphatic rings. The molecule has 2 aromatic heterocycles. The second kappa shape index (κ2) is 5.26.